The molecule has 0 amide bonds. The maximum absolute atomic E-state index is 13.3. The highest BCUT2D eigenvalue weighted by molar-refractivity contribution is 7.92. The van der Waals surface area contributed by atoms with Crippen LogP contribution in [-0.4, -0.2) is 32.5 Å². The molecule has 2 N–H and O–H groups in total. The molecule has 28 heavy (non-hydrogen) atoms. The van der Waals surface area contributed by atoms with E-state index in [1.54, 1.807) is 30.3 Å². The lowest BCUT2D eigenvalue weighted by atomic mass is 10.2. The van der Waals surface area contributed by atoms with Gasteiger partial charge in [0.05, 0.1) is 17.0 Å². The van der Waals surface area contributed by atoms with Crippen LogP contribution in [0.2, 0.25) is 0 Å². The van der Waals surface area contributed by atoms with Crippen molar-refractivity contribution in [3.05, 3.63) is 60.2 Å². The number of aliphatic hydroxyl groups is 1. The molecule has 1 heterocycles. The quantitative estimate of drug-likeness (QED) is 0.543. The number of aliphatic hydroxyl groups excluding tert-OH is 1. The number of benzene rings is 2. The van der Waals surface area contributed by atoms with Crippen molar-refractivity contribution in [3.8, 4) is 0 Å². The summed E-state index contributed by atoms with van der Waals surface area (Å²) in [4.78, 5) is -0.0214. The van der Waals surface area contributed by atoms with Crippen LogP contribution < -0.4 is 4.72 Å². The molecule has 0 saturated carbocycles. The molecule has 3 aromatic rings. The maximum Gasteiger partial charge on any atom is 0.269 e. The Morgan fingerprint density at radius 2 is 1.71 bits per heavy atom. The lowest BCUT2D eigenvalue weighted by Gasteiger charge is -2.13. The number of hydrogen-bond acceptors (Lipinski definition) is 5. The fraction of sp³-hybridized carbons (Fsp3) is 0.263. The Bertz CT molecular complexity index is 1180. The topological polar surface area (TPSA) is 105 Å². The minimum atomic E-state index is -4.18. The average molecular weight is 423 g/mol. The summed E-state index contributed by atoms with van der Waals surface area (Å²) in [6.45, 7) is 1.86. The Morgan fingerprint density at radius 1 is 1.00 bits per heavy atom. The van der Waals surface area contributed by atoms with Gasteiger partial charge in [-0.3, -0.25) is 0 Å². The maximum atomic E-state index is 13.3. The van der Waals surface area contributed by atoms with Gasteiger partial charge in [-0.05, 0) is 36.2 Å². The first-order valence-electron chi connectivity index (χ1n) is 8.87. The minimum Gasteiger partial charge on any atom is -0.392 e. The standard InChI is InChI=1S/C19H22N2O5S2/c1-2-3-11-20-27(23,24)19-13-16-10-9-15(14-22)12-18(16)21(19)28(25,26)17-7-5-4-6-8-17/h4-10,12-13,20,22H,2-3,11,14H2,1H3. The summed E-state index contributed by atoms with van der Waals surface area (Å²) in [6, 6.07) is 13.7. The summed E-state index contributed by atoms with van der Waals surface area (Å²) >= 11 is 0. The van der Waals surface area contributed by atoms with Gasteiger partial charge in [0.1, 0.15) is 0 Å². The van der Waals surface area contributed by atoms with Crippen LogP contribution in [0.5, 0.6) is 0 Å². The molecule has 0 aliphatic heterocycles. The summed E-state index contributed by atoms with van der Waals surface area (Å²) < 4.78 is 55.7. The van der Waals surface area contributed by atoms with Crippen molar-refractivity contribution in [2.45, 2.75) is 36.3 Å². The van der Waals surface area contributed by atoms with Crippen molar-refractivity contribution in [3.63, 3.8) is 0 Å². The Hall–Kier alpha value is -2.20. The first kappa shape index (κ1) is 20.5. The normalized spacial score (nSPS) is 12.5. The third kappa shape index (κ3) is 3.83. The molecule has 1 aromatic heterocycles. The third-order valence-electron chi connectivity index (χ3n) is 4.35. The Kier molecular flexibility index (Phi) is 5.90. The second-order valence-corrected chi connectivity index (χ2v) is 9.87. The average Bonchev–Trinajstić information content (AvgIpc) is 3.09. The molecule has 0 atom stereocenters. The van der Waals surface area contributed by atoms with E-state index in [4.69, 9.17) is 0 Å². The molecule has 0 unspecified atom stereocenters. The van der Waals surface area contributed by atoms with Gasteiger partial charge in [0.2, 0.25) is 0 Å². The highest BCUT2D eigenvalue weighted by atomic mass is 32.2. The van der Waals surface area contributed by atoms with Crippen molar-refractivity contribution < 1.29 is 21.9 Å². The predicted octanol–water partition coefficient (Wildman–Crippen LogP) is 2.45. The van der Waals surface area contributed by atoms with Gasteiger partial charge in [-0.15, -0.1) is 0 Å². The smallest absolute Gasteiger partial charge is 0.269 e. The van der Waals surface area contributed by atoms with Crippen molar-refractivity contribution in [2.24, 2.45) is 0 Å². The van der Waals surface area contributed by atoms with Gasteiger partial charge in [0.25, 0.3) is 20.0 Å². The van der Waals surface area contributed by atoms with E-state index in [2.05, 4.69) is 4.72 Å². The van der Waals surface area contributed by atoms with Crippen LogP contribution in [0.25, 0.3) is 10.9 Å². The molecule has 0 spiro atoms. The number of unbranched alkanes of at least 4 members (excludes halogenated alkanes) is 1. The largest absolute Gasteiger partial charge is 0.392 e. The zero-order valence-electron chi connectivity index (χ0n) is 15.4. The molecule has 7 nitrogen and oxygen atoms in total. The second kappa shape index (κ2) is 8.04. The minimum absolute atomic E-state index is 0.0214. The molecular formula is C19H22N2O5S2. The first-order chi connectivity index (χ1) is 13.3. The summed E-state index contributed by atoms with van der Waals surface area (Å²) in [5.74, 6) is 0. The van der Waals surface area contributed by atoms with Gasteiger partial charge in [-0.25, -0.2) is 25.5 Å². The highest BCUT2D eigenvalue weighted by Gasteiger charge is 2.29. The third-order valence-corrected chi connectivity index (χ3v) is 7.65. The number of sulfonamides is 1. The number of nitrogens with one attached hydrogen (secondary N) is 1. The van der Waals surface area contributed by atoms with E-state index in [1.165, 1.54) is 24.3 Å². The summed E-state index contributed by atoms with van der Waals surface area (Å²) in [6.07, 6.45) is 1.44. The zero-order valence-corrected chi connectivity index (χ0v) is 17.0. The SMILES string of the molecule is CCCCNS(=O)(=O)c1cc2ccc(CO)cc2n1S(=O)(=O)c1ccccc1. The Morgan fingerprint density at radius 3 is 2.36 bits per heavy atom. The van der Waals surface area contributed by atoms with Gasteiger partial charge in [-0.2, -0.15) is 0 Å². The van der Waals surface area contributed by atoms with Crippen LogP contribution >= 0.6 is 0 Å². The van der Waals surface area contributed by atoms with Gasteiger partial charge in [0.15, 0.2) is 5.03 Å². The summed E-state index contributed by atoms with van der Waals surface area (Å²) in [5, 5.41) is 9.53. The van der Waals surface area contributed by atoms with Crippen LogP contribution in [0.3, 0.4) is 0 Å². The van der Waals surface area contributed by atoms with E-state index in [1.807, 2.05) is 6.92 Å². The van der Waals surface area contributed by atoms with Crippen molar-refractivity contribution in [1.82, 2.24) is 8.69 Å². The predicted molar refractivity (Wildman–Crippen MR) is 107 cm³/mol. The Labute approximate surface area is 164 Å². The molecule has 9 heteroatoms. The fourth-order valence-corrected chi connectivity index (χ4v) is 6.05. The molecule has 0 radical (unpaired) electrons. The van der Waals surface area contributed by atoms with E-state index in [0.29, 0.717) is 17.4 Å². The van der Waals surface area contributed by atoms with Gasteiger partial charge in [0, 0.05) is 11.9 Å². The second-order valence-electron chi connectivity index (χ2n) is 6.37. The van der Waals surface area contributed by atoms with Crippen LogP contribution in [0.15, 0.2) is 64.5 Å². The van der Waals surface area contributed by atoms with Gasteiger partial charge >= 0.3 is 0 Å². The molecule has 0 aliphatic rings. The van der Waals surface area contributed by atoms with Crippen molar-refractivity contribution >= 4 is 30.9 Å². The van der Waals surface area contributed by atoms with E-state index in [-0.39, 0.29) is 28.6 Å². The van der Waals surface area contributed by atoms with Crippen LogP contribution in [0, 0.1) is 0 Å². The zero-order chi connectivity index (χ0) is 20.4. The molecule has 0 saturated heterocycles. The van der Waals surface area contributed by atoms with Crippen LogP contribution in [-0.2, 0) is 26.7 Å². The van der Waals surface area contributed by atoms with E-state index in [9.17, 15) is 21.9 Å². The lowest BCUT2D eigenvalue weighted by molar-refractivity contribution is 0.282. The van der Waals surface area contributed by atoms with Gasteiger partial charge in [-0.1, -0.05) is 43.7 Å². The molecule has 3 rings (SSSR count). The number of fused-ring (bicyclic) bond motifs is 1. The molecule has 2 aromatic carbocycles. The van der Waals surface area contributed by atoms with Crippen LogP contribution in [0.4, 0.5) is 0 Å². The number of aromatic nitrogens is 1. The number of rotatable bonds is 8. The number of hydrogen-bond donors (Lipinski definition) is 2. The van der Waals surface area contributed by atoms with E-state index in [0.717, 1.165) is 10.4 Å². The molecule has 0 fully saturated rings. The number of nitrogens with zero attached hydrogens (tertiary/aromatic N) is 1. The van der Waals surface area contributed by atoms with Gasteiger partial charge < -0.3 is 5.11 Å². The van der Waals surface area contributed by atoms with Crippen LogP contribution in [0.1, 0.15) is 25.3 Å². The molecule has 150 valence electrons. The van der Waals surface area contributed by atoms with E-state index < -0.39 is 20.0 Å². The highest BCUT2D eigenvalue weighted by Crippen LogP contribution is 2.29. The first-order valence-corrected chi connectivity index (χ1v) is 11.8. The molecule has 0 bridgehead atoms. The Balaban J connectivity index is 2.29. The van der Waals surface area contributed by atoms with E-state index >= 15 is 0 Å². The van der Waals surface area contributed by atoms with Crippen molar-refractivity contribution in [1.29, 1.82) is 0 Å². The summed E-state index contributed by atoms with van der Waals surface area (Å²) in [5.41, 5.74) is 0.685. The molecule has 0 aliphatic carbocycles. The fourth-order valence-electron chi connectivity index (χ4n) is 2.89. The summed E-state index contributed by atoms with van der Waals surface area (Å²) in [7, 11) is -8.24. The van der Waals surface area contributed by atoms with Crippen molar-refractivity contribution in [2.75, 3.05) is 6.54 Å². The lowest BCUT2D eigenvalue weighted by Crippen LogP contribution is -2.28. The monoisotopic (exact) mass is 422 g/mol. The molecular weight excluding hydrogens is 400 g/mol.